The van der Waals surface area contributed by atoms with Gasteiger partial charge < -0.3 is 16.2 Å². The van der Waals surface area contributed by atoms with Crippen molar-refractivity contribution in [2.75, 3.05) is 5.32 Å². The summed E-state index contributed by atoms with van der Waals surface area (Å²) in [6.45, 7) is 0.640. The Balaban J connectivity index is 0.000000173. The number of thioether (sulfide) groups is 1. The third-order valence-corrected chi connectivity index (χ3v) is 4.41. The molecular weight excluding hydrogens is 308 g/mol. The monoisotopic (exact) mass is 322 g/mol. The highest BCUT2D eigenvalue weighted by Gasteiger charge is 2.43. The van der Waals surface area contributed by atoms with E-state index in [1.54, 1.807) is 6.07 Å². The Hall–Kier alpha value is -1.69. The Labute approximate surface area is 132 Å². The molecule has 1 unspecified atom stereocenters. The van der Waals surface area contributed by atoms with Crippen molar-refractivity contribution in [1.82, 2.24) is 0 Å². The number of hydrogen-bond donors (Lipinski definition) is 3. The zero-order valence-corrected chi connectivity index (χ0v) is 12.7. The Morgan fingerprint density at radius 2 is 1.81 bits per heavy atom. The van der Waals surface area contributed by atoms with Crippen molar-refractivity contribution in [3.8, 4) is 0 Å². The maximum absolute atomic E-state index is 10.8. The predicted octanol–water partition coefficient (Wildman–Crippen LogP) is 3.33. The van der Waals surface area contributed by atoms with Crippen LogP contribution in [-0.4, -0.2) is 15.4 Å². The third-order valence-electron chi connectivity index (χ3n) is 2.79. The minimum Gasteiger partial charge on any atom is -0.478 e. The van der Waals surface area contributed by atoms with E-state index in [-0.39, 0.29) is 0 Å². The van der Waals surface area contributed by atoms with Crippen molar-refractivity contribution in [1.29, 1.82) is 0 Å². The van der Waals surface area contributed by atoms with E-state index in [0.29, 0.717) is 6.54 Å². The van der Waals surface area contributed by atoms with Crippen LogP contribution in [0.4, 0.5) is 5.69 Å². The van der Waals surface area contributed by atoms with Crippen molar-refractivity contribution in [3.63, 3.8) is 0 Å². The lowest BCUT2D eigenvalue weighted by atomic mass is 10.2. The average molecular weight is 323 g/mol. The number of carboxylic acid groups (broad SMARTS) is 1. The van der Waals surface area contributed by atoms with Gasteiger partial charge in [-0.25, -0.2) is 4.79 Å². The lowest BCUT2D eigenvalue weighted by Gasteiger charge is -2.14. The van der Waals surface area contributed by atoms with E-state index in [0.717, 1.165) is 22.3 Å². The molecule has 1 aliphatic rings. The first-order valence-electron chi connectivity index (χ1n) is 6.27. The Morgan fingerprint density at radius 1 is 1.19 bits per heavy atom. The number of nitrogens with one attached hydrogen (secondary N) is 1. The van der Waals surface area contributed by atoms with Gasteiger partial charge in [0.25, 0.3) is 4.33 Å². The molecule has 2 aromatic rings. The number of hydrogen-bond acceptors (Lipinski definition) is 4. The Morgan fingerprint density at radius 3 is 2.33 bits per heavy atom. The number of halogens is 1. The summed E-state index contributed by atoms with van der Waals surface area (Å²) in [5.41, 5.74) is 7.31. The maximum Gasteiger partial charge on any atom is 0.356 e. The van der Waals surface area contributed by atoms with Gasteiger partial charge >= 0.3 is 5.97 Å². The lowest BCUT2D eigenvalue weighted by Crippen LogP contribution is -2.33. The first-order valence-corrected chi connectivity index (χ1v) is 7.47. The molecule has 0 radical (unpaired) electrons. The van der Waals surface area contributed by atoms with Crippen LogP contribution in [0.2, 0.25) is 0 Å². The minimum atomic E-state index is -1.44. The number of nitrogens with two attached hydrogens (primary N) is 1. The fourth-order valence-corrected chi connectivity index (χ4v) is 3.00. The highest BCUT2D eigenvalue weighted by atomic mass is 35.5. The molecule has 0 saturated carbocycles. The summed E-state index contributed by atoms with van der Waals surface area (Å²) < 4.78 is -1.44. The number of fused-ring (bicyclic) bond motifs is 1. The van der Waals surface area contributed by atoms with Crippen LogP contribution < -0.4 is 11.1 Å². The summed E-state index contributed by atoms with van der Waals surface area (Å²) in [5, 5.41) is 11.6. The molecule has 0 amide bonds. The second-order valence-corrected chi connectivity index (χ2v) is 6.36. The highest BCUT2D eigenvalue weighted by molar-refractivity contribution is 8.03. The Bertz CT molecular complexity index is 597. The fourth-order valence-electron chi connectivity index (χ4n) is 1.72. The number of carboxylic acids is 1. The first-order chi connectivity index (χ1) is 10.0. The third kappa shape index (κ3) is 3.91. The SMILES string of the molecule is NCc1ccccc1.O=C(O)C1(Cl)Nc2ccccc2S1. The molecule has 0 aliphatic carbocycles. The predicted molar refractivity (Wildman–Crippen MR) is 86.5 cm³/mol. The van der Waals surface area contributed by atoms with Gasteiger partial charge in [-0.3, -0.25) is 0 Å². The van der Waals surface area contributed by atoms with Crippen molar-refractivity contribution >= 4 is 35.0 Å². The van der Waals surface area contributed by atoms with Crippen molar-refractivity contribution < 1.29 is 9.90 Å². The van der Waals surface area contributed by atoms with Gasteiger partial charge in [0, 0.05) is 11.4 Å². The second-order valence-electron chi connectivity index (χ2n) is 4.31. The number of rotatable bonds is 2. The normalized spacial score (nSPS) is 19.0. The minimum absolute atomic E-state index is 0.640. The topological polar surface area (TPSA) is 75.4 Å². The van der Waals surface area contributed by atoms with Gasteiger partial charge in [0.1, 0.15) is 0 Å². The van der Waals surface area contributed by atoms with Crippen LogP contribution in [-0.2, 0) is 11.3 Å². The molecule has 0 bridgehead atoms. The van der Waals surface area contributed by atoms with Crippen molar-refractivity contribution in [2.24, 2.45) is 5.73 Å². The number of alkyl halides is 1. The first kappa shape index (κ1) is 15.7. The standard InChI is InChI=1S/C8H6ClNO2S.C7H9N/c9-8(7(11)12)10-5-3-1-2-4-6(5)13-8;8-6-7-4-2-1-3-5-7/h1-4,10H,(H,11,12);1-5H,6,8H2. The zero-order chi connectivity index (χ0) is 15.3. The molecule has 0 spiro atoms. The molecule has 4 N–H and O–H groups in total. The number of benzene rings is 2. The molecule has 110 valence electrons. The van der Waals surface area contributed by atoms with Crippen LogP contribution in [0.25, 0.3) is 0 Å². The highest BCUT2D eigenvalue weighted by Crippen LogP contribution is 2.47. The van der Waals surface area contributed by atoms with Crippen LogP contribution in [0.1, 0.15) is 5.56 Å². The van der Waals surface area contributed by atoms with E-state index in [1.165, 1.54) is 5.56 Å². The molecule has 0 aromatic heterocycles. The molecule has 1 heterocycles. The summed E-state index contributed by atoms with van der Waals surface area (Å²) in [6.07, 6.45) is 0. The average Bonchev–Trinajstić information content (AvgIpc) is 2.86. The number of para-hydroxylation sites is 1. The zero-order valence-electron chi connectivity index (χ0n) is 11.1. The van der Waals surface area contributed by atoms with Gasteiger partial charge in [0.2, 0.25) is 0 Å². The van der Waals surface area contributed by atoms with E-state index in [9.17, 15) is 4.79 Å². The largest absolute Gasteiger partial charge is 0.478 e. The summed E-state index contributed by atoms with van der Waals surface area (Å²) in [6, 6.07) is 17.3. The van der Waals surface area contributed by atoms with E-state index in [1.807, 2.05) is 48.5 Å². The van der Waals surface area contributed by atoms with Gasteiger partial charge in [-0.05, 0) is 17.7 Å². The van der Waals surface area contributed by atoms with Crippen LogP contribution in [0.3, 0.4) is 0 Å². The van der Waals surface area contributed by atoms with Gasteiger partial charge in [0.15, 0.2) is 0 Å². The van der Waals surface area contributed by atoms with Gasteiger partial charge in [-0.2, -0.15) is 0 Å². The molecule has 4 nitrogen and oxygen atoms in total. The smallest absolute Gasteiger partial charge is 0.356 e. The summed E-state index contributed by atoms with van der Waals surface area (Å²) in [5.74, 6) is -1.07. The lowest BCUT2D eigenvalue weighted by molar-refractivity contribution is -0.136. The Kier molecular flexibility index (Phi) is 5.12. The molecule has 2 aromatic carbocycles. The van der Waals surface area contributed by atoms with Gasteiger partial charge in [0.05, 0.1) is 5.69 Å². The van der Waals surface area contributed by atoms with E-state index in [2.05, 4.69) is 5.32 Å². The molecular formula is C15H15ClN2O2S. The van der Waals surface area contributed by atoms with Gasteiger partial charge in [-0.15, -0.1) is 0 Å². The van der Waals surface area contributed by atoms with E-state index >= 15 is 0 Å². The quantitative estimate of drug-likeness (QED) is 0.584. The van der Waals surface area contributed by atoms with Crippen molar-refractivity contribution in [2.45, 2.75) is 15.8 Å². The summed E-state index contributed by atoms with van der Waals surface area (Å²) in [7, 11) is 0. The van der Waals surface area contributed by atoms with Crippen LogP contribution in [0, 0.1) is 0 Å². The molecule has 21 heavy (non-hydrogen) atoms. The van der Waals surface area contributed by atoms with Gasteiger partial charge in [-0.1, -0.05) is 65.8 Å². The summed E-state index contributed by atoms with van der Waals surface area (Å²) in [4.78, 5) is 11.6. The number of carbonyl (C=O) groups is 1. The molecule has 0 saturated heterocycles. The van der Waals surface area contributed by atoms with Crippen molar-refractivity contribution in [3.05, 3.63) is 60.2 Å². The molecule has 1 atom stereocenters. The number of anilines is 1. The van der Waals surface area contributed by atoms with Crippen LogP contribution >= 0.6 is 23.4 Å². The van der Waals surface area contributed by atoms with Crippen LogP contribution in [0.5, 0.6) is 0 Å². The molecule has 6 heteroatoms. The van der Waals surface area contributed by atoms with E-state index < -0.39 is 10.3 Å². The summed E-state index contributed by atoms with van der Waals surface area (Å²) >= 11 is 6.92. The number of aliphatic carboxylic acids is 1. The fraction of sp³-hybridized carbons (Fsp3) is 0.133. The molecule has 1 aliphatic heterocycles. The molecule has 0 fully saturated rings. The van der Waals surface area contributed by atoms with E-state index in [4.69, 9.17) is 22.4 Å². The maximum atomic E-state index is 10.8. The van der Waals surface area contributed by atoms with Crippen LogP contribution in [0.15, 0.2) is 59.5 Å². The molecule has 3 rings (SSSR count). The second kappa shape index (κ2) is 6.85.